The number of amides is 1. The molecule has 29 heavy (non-hydrogen) atoms. The number of ether oxygens (including phenoxy) is 1. The Balaban J connectivity index is 1.99. The SMILES string of the molecule is CCOC(=O)c1c(NC(=O)c2c(Cl)cccc2Cl)sc2c1CC[C@@H](C(C)(C)C)C2. The van der Waals surface area contributed by atoms with Crippen molar-refractivity contribution in [2.75, 3.05) is 11.9 Å². The van der Waals surface area contributed by atoms with Gasteiger partial charge in [0.25, 0.3) is 5.91 Å². The number of carbonyl (C=O) groups is 2. The van der Waals surface area contributed by atoms with Crippen LogP contribution < -0.4 is 5.32 Å². The predicted octanol–water partition coefficient (Wildman–Crippen LogP) is 6.63. The zero-order valence-corrected chi connectivity index (χ0v) is 19.4. The fourth-order valence-electron chi connectivity index (χ4n) is 3.71. The van der Waals surface area contributed by atoms with Gasteiger partial charge in [-0.05, 0) is 55.2 Å². The molecule has 0 bridgehead atoms. The molecule has 1 heterocycles. The van der Waals surface area contributed by atoms with Gasteiger partial charge in [-0.2, -0.15) is 0 Å². The summed E-state index contributed by atoms with van der Waals surface area (Å²) in [5.74, 6) is -0.317. The van der Waals surface area contributed by atoms with E-state index in [0.717, 1.165) is 29.7 Å². The van der Waals surface area contributed by atoms with Crippen molar-refractivity contribution in [3.63, 3.8) is 0 Å². The van der Waals surface area contributed by atoms with Crippen LogP contribution in [0.25, 0.3) is 0 Å². The Morgan fingerprint density at radius 2 is 1.86 bits per heavy atom. The second-order valence-corrected chi connectivity index (χ2v) is 10.2. The number of anilines is 1. The van der Waals surface area contributed by atoms with E-state index in [9.17, 15) is 9.59 Å². The monoisotopic (exact) mass is 453 g/mol. The summed E-state index contributed by atoms with van der Waals surface area (Å²) in [6, 6.07) is 4.91. The Morgan fingerprint density at radius 1 is 1.21 bits per heavy atom. The van der Waals surface area contributed by atoms with E-state index in [0.29, 0.717) is 16.5 Å². The molecule has 1 amide bonds. The second kappa shape index (κ2) is 8.66. The van der Waals surface area contributed by atoms with Crippen molar-refractivity contribution in [1.82, 2.24) is 0 Å². The first-order valence-electron chi connectivity index (χ1n) is 9.70. The minimum atomic E-state index is -0.433. The number of halogens is 2. The molecule has 3 rings (SSSR count). The minimum Gasteiger partial charge on any atom is -0.462 e. The predicted molar refractivity (Wildman–Crippen MR) is 120 cm³/mol. The average molecular weight is 454 g/mol. The van der Waals surface area contributed by atoms with Crippen molar-refractivity contribution in [2.45, 2.75) is 47.0 Å². The fourth-order valence-corrected chi connectivity index (χ4v) is 5.59. The highest BCUT2D eigenvalue weighted by Gasteiger charge is 2.34. The van der Waals surface area contributed by atoms with Crippen molar-refractivity contribution >= 4 is 51.4 Å². The maximum Gasteiger partial charge on any atom is 0.341 e. The summed E-state index contributed by atoms with van der Waals surface area (Å²) < 4.78 is 5.29. The Labute approximate surface area is 185 Å². The lowest BCUT2D eigenvalue weighted by molar-refractivity contribution is 0.0526. The molecule has 156 valence electrons. The molecule has 1 atom stereocenters. The number of fused-ring (bicyclic) bond motifs is 1. The van der Waals surface area contributed by atoms with Crippen molar-refractivity contribution < 1.29 is 14.3 Å². The van der Waals surface area contributed by atoms with E-state index in [2.05, 4.69) is 26.1 Å². The number of hydrogen-bond acceptors (Lipinski definition) is 4. The molecule has 1 aromatic carbocycles. The summed E-state index contributed by atoms with van der Waals surface area (Å²) in [5, 5.41) is 3.90. The molecule has 1 N–H and O–H groups in total. The van der Waals surface area contributed by atoms with Gasteiger partial charge in [-0.25, -0.2) is 4.79 Å². The Bertz CT molecular complexity index is 926. The third-order valence-electron chi connectivity index (χ3n) is 5.39. The average Bonchev–Trinajstić information content (AvgIpc) is 2.97. The van der Waals surface area contributed by atoms with Crippen LogP contribution in [0.2, 0.25) is 10.0 Å². The van der Waals surface area contributed by atoms with Gasteiger partial charge in [0.2, 0.25) is 0 Å². The molecule has 0 aliphatic heterocycles. The lowest BCUT2D eigenvalue weighted by atomic mass is 9.72. The summed E-state index contributed by atoms with van der Waals surface area (Å²) in [7, 11) is 0. The second-order valence-electron chi connectivity index (χ2n) is 8.28. The van der Waals surface area contributed by atoms with Crippen LogP contribution in [0.15, 0.2) is 18.2 Å². The van der Waals surface area contributed by atoms with Gasteiger partial charge in [-0.1, -0.05) is 50.0 Å². The quantitative estimate of drug-likeness (QED) is 0.528. The van der Waals surface area contributed by atoms with Gasteiger partial charge < -0.3 is 10.1 Å². The molecular weight excluding hydrogens is 429 g/mol. The first kappa shape index (κ1) is 22.1. The number of thiophene rings is 1. The van der Waals surface area contributed by atoms with Crippen LogP contribution >= 0.6 is 34.5 Å². The number of benzene rings is 1. The largest absolute Gasteiger partial charge is 0.462 e. The molecule has 4 nitrogen and oxygen atoms in total. The number of esters is 1. The van der Waals surface area contributed by atoms with Crippen molar-refractivity contribution in [3.05, 3.63) is 49.8 Å². The van der Waals surface area contributed by atoms with Crippen LogP contribution in [-0.4, -0.2) is 18.5 Å². The van der Waals surface area contributed by atoms with Crippen LogP contribution in [0.4, 0.5) is 5.00 Å². The molecule has 1 aromatic heterocycles. The topological polar surface area (TPSA) is 55.4 Å². The van der Waals surface area contributed by atoms with Gasteiger partial charge in [0.15, 0.2) is 0 Å². The van der Waals surface area contributed by atoms with Gasteiger partial charge in [-0.3, -0.25) is 4.79 Å². The van der Waals surface area contributed by atoms with Crippen LogP contribution in [0.1, 0.15) is 65.3 Å². The summed E-state index contributed by atoms with van der Waals surface area (Å²) in [4.78, 5) is 26.7. The lowest BCUT2D eigenvalue weighted by Gasteiger charge is -2.33. The third kappa shape index (κ3) is 4.62. The molecule has 0 fully saturated rings. The molecular formula is C22H25Cl2NO3S. The molecule has 0 saturated heterocycles. The summed E-state index contributed by atoms with van der Waals surface area (Å²) >= 11 is 13.8. The Kier molecular flexibility index (Phi) is 6.61. The highest BCUT2D eigenvalue weighted by molar-refractivity contribution is 7.17. The van der Waals surface area contributed by atoms with E-state index < -0.39 is 11.9 Å². The Hall–Kier alpha value is -1.56. The standard InChI is InChI=1S/C22H25Cl2NO3S/c1-5-28-21(27)17-13-10-9-12(22(2,3)4)11-16(13)29-20(17)25-19(26)18-14(23)7-6-8-15(18)24/h6-8,12H,5,9-11H2,1-4H3,(H,25,26)/t12-/m1/s1. The first-order chi connectivity index (χ1) is 13.6. The zero-order chi connectivity index (χ0) is 21.3. The van der Waals surface area contributed by atoms with E-state index in [-0.39, 0.29) is 27.6 Å². The number of nitrogens with one attached hydrogen (secondary N) is 1. The number of hydrogen-bond donors (Lipinski definition) is 1. The van der Waals surface area contributed by atoms with Crippen LogP contribution in [0.3, 0.4) is 0 Å². The fraction of sp³-hybridized carbons (Fsp3) is 0.455. The molecule has 0 unspecified atom stereocenters. The van der Waals surface area contributed by atoms with Gasteiger partial charge in [0.1, 0.15) is 5.00 Å². The number of carbonyl (C=O) groups excluding carboxylic acids is 2. The number of rotatable bonds is 4. The van der Waals surface area contributed by atoms with Crippen molar-refractivity contribution in [1.29, 1.82) is 0 Å². The molecule has 1 aliphatic rings. The highest BCUT2D eigenvalue weighted by atomic mass is 35.5. The molecule has 2 aromatic rings. The maximum atomic E-state index is 12.9. The van der Waals surface area contributed by atoms with Crippen molar-refractivity contribution in [3.8, 4) is 0 Å². The molecule has 0 radical (unpaired) electrons. The van der Waals surface area contributed by atoms with E-state index in [1.807, 2.05) is 0 Å². The minimum absolute atomic E-state index is 0.181. The smallest absolute Gasteiger partial charge is 0.341 e. The van der Waals surface area contributed by atoms with Gasteiger partial charge in [0.05, 0.1) is 27.8 Å². The third-order valence-corrected chi connectivity index (χ3v) is 7.19. The molecule has 0 spiro atoms. The van der Waals surface area contributed by atoms with E-state index >= 15 is 0 Å². The van der Waals surface area contributed by atoms with Gasteiger partial charge in [0, 0.05) is 4.88 Å². The van der Waals surface area contributed by atoms with E-state index in [4.69, 9.17) is 27.9 Å². The summed E-state index contributed by atoms with van der Waals surface area (Å²) in [6.07, 6.45) is 2.69. The van der Waals surface area contributed by atoms with Crippen LogP contribution in [0, 0.1) is 11.3 Å². The highest BCUT2D eigenvalue weighted by Crippen LogP contribution is 2.44. The molecule has 0 saturated carbocycles. The Morgan fingerprint density at radius 3 is 2.45 bits per heavy atom. The van der Waals surface area contributed by atoms with Crippen LogP contribution in [0.5, 0.6) is 0 Å². The van der Waals surface area contributed by atoms with Gasteiger partial charge >= 0.3 is 5.97 Å². The van der Waals surface area contributed by atoms with E-state index in [1.165, 1.54) is 11.3 Å². The van der Waals surface area contributed by atoms with Crippen molar-refractivity contribution in [2.24, 2.45) is 11.3 Å². The van der Waals surface area contributed by atoms with E-state index in [1.54, 1.807) is 25.1 Å². The van der Waals surface area contributed by atoms with Crippen LogP contribution in [-0.2, 0) is 17.6 Å². The lowest BCUT2D eigenvalue weighted by Crippen LogP contribution is -2.26. The normalized spacial score (nSPS) is 16.3. The summed E-state index contributed by atoms with van der Waals surface area (Å²) in [6.45, 7) is 8.77. The maximum absolute atomic E-state index is 12.9. The van der Waals surface area contributed by atoms with Gasteiger partial charge in [-0.15, -0.1) is 11.3 Å². The molecule has 7 heteroatoms. The summed E-state index contributed by atoms with van der Waals surface area (Å²) in [5.41, 5.74) is 1.84. The molecule has 1 aliphatic carbocycles. The zero-order valence-electron chi connectivity index (χ0n) is 17.0. The first-order valence-corrected chi connectivity index (χ1v) is 11.3.